The summed E-state index contributed by atoms with van der Waals surface area (Å²) in [4.78, 5) is 1.08. The highest BCUT2D eigenvalue weighted by Gasteiger charge is 2.18. The van der Waals surface area contributed by atoms with Crippen molar-refractivity contribution < 1.29 is 9.84 Å². The average Bonchev–Trinajstić information content (AvgIpc) is 2.27. The van der Waals surface area contributed by atoms with E-state index in [1.165, 1.54) is 0 Å². The summed E-state index contributed by atoms with van der Waals surface area (Å²) in [5.74, 6) is 1.55. The fraction of sp³-hybridized carbons (Fsp3) is 0.500. The zero-order valence-electron chi connectivity index (χ0n) is 9.49. The molecule has 0 aliphatic heterocycles. The van der Waals surface area contributed by atoms with Crippen LogP contribution in [0.1, 0.15) is 20.3 Å². The van der Waals surface area contributed by atoms with Crippen molar-refractivity contribution in [2.75, 3.05) is 12.9 Å². The normalized spacial score (nSPS) is 14.7. The molecule has 0 aliphatic rings. The van der Waals surface area contributed by atoms with E-state index in [4.69, 9.17) is 4.74 Å². The minimum absolute atomic E-state index is 0.606. The lowest BCUT2D eigenvalue weighted by Crippen LogP contribution is -2.25. The Kier molecular flexibility index (Phi) is 4.48. The van der Waals surface area contributed by atoms with Gasteiger partial charge in [-0.1, -0.05) is 19.1 Å². The number of methoxy groups -OCH3 is 1. The van der Waals surface area contributed by atoms with Crippen LogP contribution in [-0.2, 0) is 0 Å². The molecule has 0 fully saturated rings. The van der Waals surface area contributed by atoms with E-state index in [0.29, 0.717) is 5.75 Å². The number of rotatable bonds is 5. The fourth-order valence-corrected chi connectivity index (χ4v) is 2.21. The lowest BCUT2D eigenvalue weighted by Gasteiger charge is -2.20. The quantitative estimate of drug-likeness (QED) is 0.783. The van der Waals surface area contributed by atoms with Crippen LogP contribution in [0.25, 0.3) is 0 Å². The molecule has 1 aromatic rings. The standard InChI is InChI=1S/C12H18O2S/c1-4-12(2,13)9-15-11-8-6-5-7-10(11)14-3/h5-8,13H,4,9H2,1-3H3. The van der Waals surface area contributed by atoms with Gasteiger partial charge < -0.3 is 9.84 Å². The second kappa shape index (κ2) is 5.42. The molecule has 84 valence electrons. The van der Waals surface area contributed by atoms with Gasteiger partial charge in [-0.15, -0.1) is 11.8 Å². The molecule has 1 rings (SSSR count). The van der Waals surface area contributed by atoms with E-state index >= 15 is 0 Å². The van der Waals surface area contributed by atoms with Crippen molar-refractivity contribution in [3.63, 3.8) is 0 Å². The summed E-state index contributed by atoms with van der Waals surface area (Å²) < 4.78 is 5.24. The highest BCUT2D eigenvalue weighted by Crippen LogP contribution is 2.31. The highest BCUT2D eigenvalue weighted by molar-refractivity contribution is 7.99. The minimum Gasteiger partial charge on any atom is -0.496 e. The third kappa shape index (κ3) is 3.76. The lowest BCUT2D eigenvalue weighted by molar-refractivity contribution is 0.0816. The molecule has 0 radical (unpaired) electrons. The molecule has 15 heavy (non-hydrogen) atoms. The van der Waals surface area contributed by atoms with Crippen molar-refractivity contribution >= 4 is 11.8 Å². The minimum atomic E-state index is -0.606. The van der Waals surface area contributed by atoms with Gasteiger partial charge in [-0.2, -0.15) is 0 Å². The monoisotopic (exact) mass is 226 g/mol. The lowest BCUT2D eigenvalue weighted by atomic mass is 10.1. The Hall–Kier alpha value is -0.670. The molecule has 2 nitrogen and oxygen atoms in total. The second-order valence-corrected chi connectivity index (χ2v) is 4.81. The molecule has 1 N–H and O–H groups in total. The van der Waals surface area contributed by atoms with Gasteiger partial charge in [0.1, 0.15) is 5.75 Å². The van der Waals surface area contributed by atoms with Gasteiger partial charge in [0.05, 0.1) is 12.7 Å². The summed E-state index contributed by atoms with van der Waals surface area (Å²) in [6, 6.07) is 7.87. The summed E-state index contributed by atoms with van der Waals surface area (Å²) in [7, 11) is 1.66. The summed E-state index contributed by atoms with van der Waals surface area (Å²) in [6.07, 6.45) is 0.759. The van der Waals surface area contributed by atoms with Crippen molar-refractivity contribution in [2.24, 2.45) is 0 Å². The molecule has 1 unspecified atom stereocenters. The molecule has 1 aromatic carbocycles. The van der Waals surface area contributed by atoms with Crippen molar-refractivity contribution in [3.05, 3.63) is 24.3 Å². The Bertz CT molecular complexity index is 310. The molecule has 3 heteroatoms. The van der Waals surface area contributed by atoms with Gasteiger partial charge in [-0.25, -0.2) is 0 Å². The van der Waals surface area contributed by atoms with Crippen LogP contribution in [0.4, 0.5) is 0 Å². The van der Waals surface area contributed by atoms with Crippen LogP contribution in [0.5, 0.6) is 5.75 Å². The zero-order chi connectivity index (χ0) is 11.3. The van der Waals surface area contributed by atoms with E-state index in [-0.39, 0.29) is 0 Å². The number of thioether (sulfide) groups is 1. The number of benzene rings is 1. The average molecular weight is 226 g/mol. The van der Waals surface area contributed by atoms with Gasteiger partial charge in [0.15, 0.2) is 0 Å². The number of ether oxygens (including phenoxy) is 1. The summed E-state index contributed by atoms with van der Waals surface area (Å²) in [5, 5.41) is 9.89. The first-order valence-electron chi connectivity index (χ1n) is 5.07. The maximum absolute atomic E-state index is 9.89. The van der Waals surface area contributed by atoms with E-state index < -0.39 is 5.60 Å². The molecule has 1 atom stereocenters. The summed E-state index contributed by atoms with van der Waals surface area (Å²) in [5.41, 5.74) is -0.606. The van der Waals surface area contributed by atoms with E-state index in [1.54, 1.807) is 18.9 Å². The van der Waals surface area contributed by atoms with Crippen LogP contribution < -0.4 is 4.74 Å². The van der Waals surface area contributed by atoms with Crippen LogP contribution >= 0.6 is 11.8 Å². The zero-order valence-corrected chi connectivity index (χ0v) is 10.3. The number of para-hydroxylation sites is 1. The predicted octanol–water partition coefficient (Wildman–Crippen LogP) is 2.95. The van der Waals surface area contributed by atoms with E-state index in [9.17, 15) is 5.11 Å². The Morgan fingerprint density at radius 3 is 2.67 bits per heavy atom. The van der Waals surface area contributed by atoms with Crippen molar-refractivity contribution in [3.8, 4) is 5.75 Å². The molecule has 0 saturated carbocycles. The predicted molar refractivity (Wildman–Crippen MR) is 64.6 cm³/mol. The number of aliphatic hydroxyl groups is 1. The molecular weight excluding hydrogens is 208 g/mol. The molecule has 0 bridgehead atoms. The van der Waals surface area contributed by atoms with Gasteiger partial charge in [-0.05, 0) is 25.5 Å². The van der Waals surface area contributed by atoms with Gasteiger partial charge in [0, 0.05) is 10.6 Å². The van der Waals surface area contributed by atoms with Crippen LogP contribution in [0.2, 0.25) is 0 Å². The summed E-state index contributed by atoms with van der Waals surface area (Å²) in [6.45, 7) is 3.85. The van der Waals surface area contributed by atoms with Gasteiger partial charge in [-0.3, -0.25) is 0 Å². The molecule has 0 amide bonds. The first-order chi connectivity index (χ1) is 7.09. The smallest absolute Gasteiger partial charge is 0.132 e. The maximum atomic E-state index is 9.89. The van der Waals surface area contributed by atoms with E-state index in [1.807, 2.05) is 38.1 Å². The van der Waals surface area contributed by atoms with Crippen molar-refractivity contribution in [1.82, 2.24) is 0 Å². The molecular formula is C12H18O2S. The Balaban J connectivity index is 2.65. The molecule has 0 saturated heterocycles. The van der Waals surface area contributed by atoms with Crippen LogP contribution in [0.15, 0.2) is 29.2 Å². The number of hydrogen-bond donors (Lipinski definition) is 1. The topological polar surface area (TPSA) is 29.5 Å². The Morgan fingerprint density at radius 2 is 2.07 bits per heavy atom. The molecule has 0 heterocycles. The first kappa shape index (κ1) is 12.4. The highest BCUT2D eigenvalue weighted by atomic mass is 32.2. The largest absolute Gasteiger partial charge is 0.496 e. The third-order valence-electron chi connectivity index (χ3n) is 2.37. The van der Waals surface area contributed by atoms with Crippen LogP contribution in [0.3, 0.4) is 0 Å². The molecule has 0 spiro atoms. The third-order valence-corrected chi connectivity index (χ3v) is 3.78. The van der Waals surface area contributed by atoms with Gasteiger partial charge in [0.2, 0.25) is 0 Å². The van der Waals surface area contributed by atoms with Crippen molar-refractivity contribution in [2.45, 2.75) is 30.8 Å². The van der Waals surface area contributed by atoms with Gasteiger partial charge >= 0.3 is 0 Å². The summed E-state index contributed by atoms with van der Waals surface area (Å²) >= 11 is 1.63. The van der Waals surface area contributed by atoms with Crippen molar-refractivity contribution in [1.29, 1.82) is 0 Å². The SMILES string of the molecule is CCC(C)(O)CSc1ccccc1OC. The van der Waals surface area contributed by atoms with Gasteiger partial charge in [0.25, 0.3) is 0 Å². The maximum Gasteiger partial charge on any atom is 0.132 e. The van der Waals surface area contributed by atoms with Crippen LogP contribution in [-0.4, -0.2) is 23.6 Å². The fourth-order valence-electron chi connectivity index (χ4n) is 1.07. The Labute approximate surface area is 95.7 Å². The molecule has 0 aromatic heterocycles. The van der Waals surface area contributed by atoms with E-state index in [0.717, 1.165) is 17.1 Å². The number of hydrogen-bond acceptors (Lipinski definition) is 3. The van der Waals surface area contributed by atoms with Crippen LogP contribution in [0, 0.1) is 0 Å². The first-order valence-corrected chi connectivity index (χ1v) is 6.06. The Morgan fingerprint density at radius 1 is 1.40 bits per heavy atom. The molecule has 0 aliphatic carbocycles. The second-order valence-electron chi connectivity index (χ2n) is 3.79. The van der Waals surface area contributed by atoms with E-state index in [2.05, 4.69) is 0 Å².